The number of amides is 3. The number of nitrogens with zero attached hydrogens (tertiary/aromatic N) is 2. The monoisotopic (exact) mass is 419 g/mol. The lowest BCUT2D eigenvalue weighted by molar-refractivity contribution is -0.114. The van der Waals surface area contributed by atoms with Crippen molar-refractivity contribution in [2.75, 3.05) is 44.4 Å². The summed E-state index contributed by atoms with van der Waals surface area (Å²) in [7, 11) is 3.90. The van der Waals surface area contributed by atoms with Crippen LogP contribution in [0.15, 0.2) is 38.5 Å². The molecule has 30 heavy (non-hydrogen) atoms. The van der Waals surface area contributed by atoms with Crippen LogP contribution in [-0.4, -0.2) is 62.3 Å². The number of guanidine groups is 1. The highest BCUT2D eigenvalue weighted by molar-refractivity contribution is 6.04. The average Bonchev–Trinajstić information content (AvgIpc) is 3.33. The van der Waals surface area contributed by atoms with Gasteiger partial charge in [0.05, 0.1) is 11.4 Å². The predicted molar refractivity (Wildman–Crippen MR) is 110 cm³/mol. The molecule has 3 amide bonds. The second-order valence-corrected chi connectivity index (χ2v) is 6.56. The maximum absolute atomic E-state index is 12.3. The molecule has 2 aromatic heterocycles. The molecule has 12 heteroatoms. The van der Waals surface area contributed by atoms with E-state index in [-0.39, 0.29) is 41.3 Å². The number of nitrogens with two attached hydrogens (primary N) is 2. The molecule has 162 valence electrons. The lowest BCUT2D eigenvalue weighted by Crippen LogP contribution is -2.26. The summed E-state index contributed by atoms with van der Waals surface area (Å²) >= 11 is 0. The van der Waals surface area contributed by atoms with E-state index in [0.717, 1.165) is 13.0 Å². The van der Waals surface area contributed by atoms with E-state index < -0.39 is 11.8 Å². The van der Waals surface area contributed by atoms with Crippen molar-refractivity contribution in [3.05, 3.63) is 36.2 Å². The molecular formula is C18H25N7O5. The minimum absolute atomic E-state index is 0.0528. The van der Waals surface area contributed by atoms with E-state index in [2.05, 4.69) is 20.9 Å². The van der Waals surface area contributed by atoms with Crippen LogP contribution in [0.1, 0.15) is 27.5 Å². The number of carbonyl (C=O) groups excluding carboxylic acids is 3. The van der Waals surface area contributed by atoms with Crippen LogP contribution in [-0.2, 0) is 4.79 Å². The van der Waals surface area contributed by atoms with Crippen molar-refractivity contribution in [2.24, 2.45) is 16.5 Å². The summed E-state index contributed by atoms with van der Waals surface area (Å²) in [6, 6.07) is 2.74. The minimum Gasteiger partial charge on any atom is -0.457 e. The number of rotatable bonds is 10. The number of hydrogen-bond acceptors (Lipinski definition) is 7. The van der Waals surface area contributed by atoms with Gasteiger partial charge in [-0.05, 0) is 27.1 Å². The van der Waals surface area contributed by atoms with Crippen LogP contribution >= 0.6 is 0 Å². The van der Waals surface area contributed by atoms with E-state index >= 15 is 0 Å². The molecule has 0 aromatic carbocycles. The minimum atomic E-state index is -0.585. The van der Waals surface area contributed by atoms with Crippen molar-refractivity contribution in [3.63, 3.8) is 0 Å². The molecule has 7 N–H and O–H groups in total. The van der Waals surface area contributed by atoms with E-state index in [9.17, 15) is 14.4 Å². The van der Waals surface area contributed by atoms with E-state index in [4.69, 9.17) is 20.3 Å². The van der Waals surface area contributed by atoms with Crippen LogP contribution in [0.2, 0.25) is 0 Å². The first-order chi connectivity index (χ1) is 14.2. The van der Waals surface area contributed by atoms with Gasteiger partial charge in [-0.3, -0.25) is 14.4 Å². The Morgan fingerprint density at radius 2 is 1.60 bits per heavy atom. The van der Waals surface area contributed by atoms with Gasteiger partial charge in [-0.25, -0.2) is 4.99 Å². The topological polar surface area (TPSA) is 181 Å². The summed E-state index contributed by atoms with van der Waals surface area (Å²) in [4.78, 5) is 41.6. The van der Waals surface area contributed by atoms with Gasteiger partial charge >= 0.3 is 0 Å². The van der Waals surface area contributed by atoms with Crippen molar-refractivity contribution in [1.29, 1.82) is 0 Å². The second-order valence-electron chi connectivity index (χ2n) is 6.56. The smallest absolute Gasteiger partial charge is 0.291 e. The number of carbonyl (C=O) groups is 3. The van der Waals surface area contributed by atoms with Gasteiger partial charge in [0.1, 0.15) is 19.1 Å². The largest absolute Gasteiger partial charge is 0.457 e. The molecule has 0 atom stereocenters. The fourth-order valence-electron chi connectivity index (χ4n) is 2.28. The lowest BCUT2D eigenvalue weighted by atomic mass is 10.3. The molecule has 0 aliphatic heterocycles. The summed E-state index contributed by atoms with van der Waals surface area (Å²) in [5.41, 5.74) is 10.9. The predicted octanol–water partition coefficient (Wildman–Crippen LogP) is 0.0183. The van der Waals surface area contributed by atoms with Gasteiger partial charge in [0.15, 0.2) is 17.5 Å². The molecule has 0 radical (unpaired) electrons. The Morgan fingerprint density at radius 3 is 2.20 bits per heavy atom. The van der Waals surface area contributed by atoms with Crippen LogP contribution in [0.3, 0.4) is 0 Å². The van der Waals surface area contributed by atoms with E-state index in [1.165, 1.54) is 24.7 Å². The normalized spacial score (nSPS) is 10.5. The number of furan rings is 2. The molecule has 0 fully saturated rings. The van der Waals surface area contributed by atoms with Gasteiger partial charge in [0, 0.05) is 18.7 Å². The highest BCUT2D eigenvalue weighted by Crippen LogP contribution is 2.17. The van der Waals surface area contributed by atoms with E-state index in [1.807, 2.05) is 19.0 Å². The molecule has 12 nitrogen and oxygen atoms in total. The van der Waals surface area contributed by atoms with Crippen molar-refractivity contribution in [1.82, 2.24) is 10.2 Å². The van der Waals surface area contributed by atoms with Crippen molar-refractivity contribution in [3.8, 4) is 0 Å². The number of anilines is 2. The Morgan fingerprint density at radius 1 is 1.00 bits per heavy atom. The van der Waals surface area contributed by atoms with Crippen LogP contribution in [0.4, 0.5) is 11.4 Å². The first kappa shape index (κ1) is 22.5. The standard InChI is InChI=1S/C18H25N7O5/c1-25(2)5-3-4-21-16(27)13-7-12(10-29-13)24-17(28)14-6-11(9-30-14)23-15(26)8-22-18(19)20/h6-7,9-10H,3-5,8H2,1-2H3,(H,21,27)(H,23,26)(H,24,28)(H4,19,20,22). The highest BCUT2D eigenvalue weighted by Gasteiger charge is 2.16. The van der Waals surface area contributed by atoms with Crippen LogP contribution in [0.25, 0.3) is 0 Å². The number of nitrogens with one attached hydrogen (secondary N) is 3. The molecule has 0 aliphatic carbocycles. The Hall–Kier alpha value is -3.80. The molecule has 0 saturated carbocycles. The molecule has 0 spiro atoms. The first-order valence-corrected chi connectivity index (χ1v) is 9.01. The number of aliphatic imine (C=N–C) groups is 1. The first-order valence-electron chi connectivity index (χ1n) is 9.01. The zero-order chi connectivity index (χ0) is 22.1. The van der Waals surface area contributed by atoms with Crippen LogP contribution in [0.5, 0.6) is 0 Å². The van der Waals surface area contributed by atoms with Gasteiger partial charge in [-0.1, -0.05) is 0 Å². The fraction of sp³-hybridized carbons (Fsp3) is 0.333. The molecule has 0 bridgehead atoms. The maximum atomic E-state index is 12.3. The molecule has 0 unspecified atom stereocenters. The molecule has 2 heterocycles. The Kier molecular flexibility index (Phi) is 7.99. The summed E-state index contributed by atoms with van der Waals surface area (Å²) in [5, 5.41) is 7.76. The SMILES string of the molecule is CN(C)CCCNC(=O)c1cc(NC(=O)c2cc(NC(=O)CN=C(N)N)co2)co1. The third kappa shape index (κ3) is 7.31. The summed E-state index contributed by atoms with van der Waals surface area (Å²) < 4.78 is 10.3. The zero-order valence-electron chi connectivity index (χ0n) is 16.7. The lowest BCUT2D eigenvalue weighted by Gasteiger charge is -2.08. The number of hydrogen-bond donors (Lipinski definition) is 5. The van der Waals surface area contributed by atoms with Crippen LogP contribution in [0, 0.1) is 0 Å². The van der Waals surface area contributed by atoms with Gasteiger partial charge in [-0.15, -0.1) is 0 Å². The highest BCUT2D eigenvalue weighted by atomic mass is 16.3. The fourth-order valence-corrected chi connectivity index (χ4v) is 2.28. The third-order valence-corrected chi connectivity index (χ3v) is 3.66. The van der Waals surface area contributed by atoms with Gasteiger partial charge < -0.3 is 41.2 Å². The van der Waals surface area contributed by atoms with Crippen LogP contribution < -0.4 is 27.4 Å². The van der Waals surface area contributed by atoms with Crippen molar-refractivity contribution >= 4 is 35.1 Å². The molecular weight excluding hydrogens is 394 g/mol. The summed E-state index contributed by atoms with van der Waals surface area (Å²) in [6.07, 6.45) is 3.24. The van der Waals surface area contributed by atoms with Gasteiger partial charge in [0.2, 0.25) is 5.91 Å². The molecule has 0 aliphatic rings. The quantitative estimate of drug-likeness (QED) is 0.203. The Balaban J connectivity index is 1.85. The molecule has 2 aromatic rings. The molecule has 2 rings (SSSR count). The average molecular weight is 419 g/mol. The summed E-state index contributed by atoms with van der Waals surface area (Å²) in [6.45, 7) is 1.09. The van der Waals surface area contributed by atoms with E-state index in [0.29, 0.717) is 6.54 Å². The van der Waals surface area contributed by atoms with Gasteiger partial charge in [-0.2, -0.15) is 0 Å². The van der Waals surface area contributed by atoms with Crippen molar-refractivity contribution < 1.29 is 23.2 Å². The Labute approximate surface area is 172 Å². The summed E-state index contributed by atoms with van der Waals surface area (Å²) in [5.74, 6) is -1.63. The van der Waals surface area contributed by atoms with Crippen molar-refractivity contribution in [2.45, 2.75) is 6.42 Å². The zero-order valence-corrected chi connectivity index (χ0v) is 16.7. The van der Waals surface area contributed by atoms with E-state index in [1.54, 1.807) is 0 Å². The second kappa shape index (κ2) is 10.7. The third-order valence-electron chi connectivity index (χ3n) is 3.66. The maximum Gasteiger partial charge on any atom is 0.291 e. The van der Waals surface area contributed by atoms with Gasteiger partial charge in [0.25, 0.3) is 11.8 Å². The molecule has 0 saturated heterocycles. The Bertz CT molecular complexity index is 912.